The fourth-order valence-corrected chi connectivity index (χ4v) is 1.53. The second-order valence-electron chi connectivity index (χ2n) is 4.72. The number of carboxylic acid groups (broad SMARTS) is 1. The van der Waals surface area contributed by atoms with Crippen LogP contribution in [-0.4, -0.2) is 23.7 Å². The second kappa shape index (κ2) is 7.45. The normalized spacial score (nSPS) is 10.5. The summed E-state index contributed by atoms with van der Waals surface area (Å²) in [4.78, 5) is 22.0. The highest BCUT2D eigenvalue weighted by Gasteiger charge is 2.09. The minimum Gasteiger partial charge on any atom is -0.475 e. The number of urea groups is 1. The lowest BCUT2D eigenvalue weighted by molar-refractivity contribution is 0.0660. The Balaban J connectivity index is 2.20. The molecule has 1 heterocycles. The van der Waals surface area contributed by atoms with Gasteiger partial charge in [-0.15, -0.1) is 0 Å². The molecule has 0 aliphatic heterocycles. The van der Waals surface area contributed by atoms with Crippen LogP contribution in [0.4, 0.5) is 4.79 Å². The Bertz CT molecular complexity index is 426. The first-order chi connectivity index (χ1) is 8.99. The van der Waals surface area contributed by atoms with Crippen molar-refractivity contribution in [1.82, 2.24) is 10.6 Å². The Hall–Kier alpha value is -1.98. The third-order valence-corrected chi connectivity index (χ3v) is 2.54. The zero-order valence-electron chi connectivity index (χ0n) is 11.2. The van der Waals surface area contributed by atoms with E-state index in [9.17, 15) is 9.59 Å². The van der Waals surface area contributed by atoms with Gasteiger partial charge in [-0.3, -0.25) is 0 Å². The molecule has 0 saturated heterocycles. The summed E-state index contributed by atoms with van der Waals surface area (Å²) in [5.74, 6) is -0.212. The predicted molar refractivity (Wildman–Crippen MR) is 70.0 cm³/mol. The van der Waals surface area contributed by atoms with Crippen LogP contribution in [0.5, 0.6) is 0 Å². The number of carbonyl (C=O) groups is 2. The maximum atomic E-state index is 11.4. The molecule has 0 spiro atoms. The van der Waals surface area contributed by atoms with Crippen molar-refractivity contribution < 1.29 is 19.1 Å². The van der Waals surface area contributed by atoms with E-state index in [1.165, 1.54) is 12.1 Å². The predicted octanol–water partition coefficient (Wildman–Crippen LogP) is 2.21. The lowest BCUT2D eigenvalue weighted by Gasteiger charge is -2.07. The van der Waals surface area contributed by atoms with Gasteiger partial charge >= 0.3 is 12.0 Å². The molecule has 1 aromatic heterocycles. The summed E-state index contributed by atoms with van der Waals surface area (Å²) < 4.78 is 5.01. The average molecular weight is 268 g/mol. The first kappa shape index (κ1) is 15.1. The van der Waals surface area contributed by atoms with Gasteiger partial charge in [-0.25, -0.2) is 9.59 Å². The zero-order valence-corrected chi connectivity index (χ0v) is 11.2. The van der Waals surface area contributed by atoms with Crippen molar-refractivity contribution in [3.63, 3.8) is 0 Å². The van der Waals surface area contributed by atoms with Gasteiger partial charge < -0.3 is 20.2 Å². The molecule has 1 rings (SSSR count). The van der Waals surface area contributed by atoms with Gasteiger partial charge in [0.2, 0.25) is 5.76 Å². The molecular formula is C13H20N2O4. The van der Waals surface area contributed by atoms with Gasteiger partial charge in [0.15, 0.2) is 0 Å². The fourth-order valence-electron chi connectivity index (χ4n) is 1.53. The maximum Gasteiger partial charge on any atom is 0.371 e. The largest absolute Gasteiger partial charge is 0.475 e. The van der Waals surface area contributed by atoms with Gasteiger partial charge in [0.05, 0.1) is 6.54 Å². The van der Waals surface area contributed by atoms with E-state index in [4.69, 9.17) is 9.52 Å². The van der Waals surface area contributed by atoms with E-state index in [0.29, 0.717) is 18.2 Å². The quantitative estimate of drug-likeness (QED) is 0.661. The van der Waals surface area contributed by atoms with Crippen LogP contribution in [0.2, 0.25) is 0 Å². The van der Waals surface area contributed by atoms with Gasteiger partial charge in [-0.1, -0.05) is 13.8 Å². The average Bonchev–Trinajstić information content (AvgIpc) is 2.81. The summed E-state index contributed by atoms with van der Waals surface area (Å²) in [7, 11) is 0. The number of rotatable bonds is 7. The van der Waals surface area contributed by atoms with E-state index in [0.717, 1.165) is 12.8 Å². The van der Waals surface area contributed by atoms with E-state index in [1.54, 1.807) is 0 Å². The first-order valence-electron chi connectivity index (χ1n) is 6.32. The summed E-state index contributed by atoms with van der Waals surface area (Å²) in [5.41, 5.74) is 0. The minimum absolute atomic E-state index is 0.130. The molecule has 0 bridgehead atoms. The Kier molecular flexibility index (Phi) is 5.92. The zero-order chi connectivity index (χ0) is 14.3. The van der Waals surface area contributed by atoms with E-state index in [-0.39, 0.29) is 18.3 Å². The van der Waals surface area contributed by atoms with Crippen LogP contribution in [0.15, 0.2) is 16.5 Å². The molecule has 0 aromatic carbocycles. The standard InChI is InChI=1S/C13H20N2O4/c1-9(2)4-3-7-14-13(18)15-8-10-5-6-11(19-10)12(16)17/h5-6,9H,3-4,7-8H2,1-2H3,(H,16,17)(H2,14,15,18). The molecule has 0 aliphatic rings. The molecule has 0 aliphatic carbocycles. The molecule has 6 nitrogen and oxygen atoms in total. The molecule has 6 heteroatoms. The van der Waals surface area contributed by atoms with Crippen molar-refractivity contribution in [2.75, 3.05) is 6.54 Å². The van der Waals surface area contributed by atoms with Crippen LogP contribution in [0, 0.1) is 5.92 Å². The number of amides is 2. The summed E-state index contributed by atoms with van der Waals surface area (Å²) in [6, 6.07) is 2.61. The van der Waals surface area contributed by atoms with Crippen LogP contribution in [0.3, 0.4) is 0 Å². The number of aromatic carboxylic acids is 1. The molecule has 19 heavy (non-hydrogen) atoms. The highest BCUT2D eigenvalue weighted by molar-refractivity contribution is 5.84. The first-order valence-corrected chi connectivity index (χ1v) is 6.32. The summed E-state index contributed by atoms with van der Waals surface area (Å²) in [5, 5.41) is 14.0. The molecule has 106 valence electrons. The van der Waals surface area contributed by atoms with E-state index in [2.05, 4.69) is 24.5 Å². The number of carboxylic acids is 1. The van der Waals surface area contributed by atoms with E-state index >= 15 is 0 Å². The molecule has 0 unspecified atom stereocenters. The van der Waals surface area contributed by atoms with E-state index in [1.807, 2.05) is 0 Å². The van der Waals surface area contributed by atoms with Crippen LogP contribution in [-0.2, 0) is 6.54 Å². The Morgan fingerprint density at radius 2 is 2.05 bits per heavy atom. The van der Waals surface area contributed by atoms with Crippen molar-refractivity contribution >= 4 is 12.0 Å². The second-order valence-corrected chi connectivity index (χ2v) is 4.72. The van der Waals surface area contributed by atoms with Crippen molar-refractivity contribution in [1.29, 1.82) is 0 Å². The molecule has 0 saturated carbocycles. The van der Waals surface area contributed by atoms with Crippen molar-refractivity contribution in [3.05, 3.63) is 23.7 Å². The third-order valence-electron chi connectivity index (χ3n) is 2.54. The van der Waals surface area contributed by atoms with Crippen molar-refractivity contribution in [2.24, 2.45) is 5.92 Å². The smallest absolute Gasteiger partial charge is 0.371 e. The Morgan fingerprint density at radius 1 is 1.32 bits per heavy atom. The van der Waals surface area contributed by atoms with Crippen molar-refractivity contribution in [2.45, 2.75) is 33.2 Å². The number of nitrogens with one attached hydrogen (secondary N) is 2. The molecule has 3 N–H and O–H groups in total. The highest BCUT2D eigenvalue weighted by atomic mass is 16.4. The van der Waals surface area contributed by atoms with Gasteiger partial charge in [-0.05, 0) is 30.9 Å². The number of furan rings is 1. The molecule has 0 atom stereocenters. The van der Waals surface area contributed by atoms with E-state index < -0.39 is 5.97 Å². The molecule has 0 fully saturated rings. The van der Waals surface area contributed by atoms with Crippen LogP contribution >= 0.6 is 0 Å². The summed E-state index contributed by atoms with van der Waals surface area (Å²) in [6.45, 7) is 5.07. The van der Waals surface area contributed by atoms with Gasteiger partial charge in [0.25, 0.3) is 0 Å². The Morgan fingerprint density at radius 3 is 2.63 bits per heavy atom. The fraction of sp³-hybridized carbons (Fsp3) is 0.538. The maximum absolute atomic E-state index is 11.4. The third kappa shape index (κ3) is 5.94. The molecule has 0 radical (unpaired) electrons. The Labute approximate surface area is 112 Å². The van der Waals surface area contributed by atoms with Crippen molar-refractivity contribution in [3.8, 4) is 0 Å². The highest BCUT2D eigenvalue weighted by Crippen LogP contribution is 2.07. The molecule has 2 amide bonds. The van der Waals surface area contributed by atoms with Gasteiger partial charge in [-0.2, -0.15) is 0 Å². The lowest BCUT2D eigenvalue weighted by Crippen LogP contribution is -2.35. The monoisotopic (exact) mass is 268 g/mol. The van der Waals surface area contributed by atoms with Crippen LogP contribution in [0.1, 0.15) is 43.0 Å². The topological polar surface area (TPSA) is 91.6 Å². The SMILES string of the molecule is CC(C)CCCNC(=O)NCc1ccc(C(=O)O)o1. The summed E-state index contributed by atoms with van der Waals surface area (Å²) in [6.07, 6.45) is 2.01. The number of hydrogen-bond donors (Lipinski definition) is 3. The van der Waals surface area contributed by atoms with Crippen LogP contribution < -0.4 is 10.6 Å². The lowest BCUT2D eigenvalue weighted by atomic mass is 10.1. The minimum atomic E-state index is -1.12. The molecule has 1 aromatic rings. The van der Waals surface area contributed by atoms with Gasteiger partial charge in [0, 0.05) is 6.54 Å². The molecular weight excluding hydrogens is 248 g/mol. The van der Waals surface area contributed by atoms with Gasteiger partial charge in [0.1, 0.15) is 5.76 Å². The summed E-state index contributed by atoms with van der Waals surface area (Å²) >= 11 is 0. The number of carbonyl (C=O) groups excluding carboxylic acids is 1. The number of hydrogen-bond acceptors (Lipinski definition) is 3. The van der Waals surface area contributed by atoms with Crippen LogP contribution in [0.25, 0.3) is 0 Å².